The lowest BCUT2D eigenvalue weighted by Crippen LogP contribution is -2.36. The number of aromatic nitrogens is 2. The van der Waals surface area contributed by atoms with Crippen molar-refractivity contribution in [1.29, 1.82) is 0 Å². The summed E-state index contributed by atoms with van der Waals surface area (Å²) in [4.78, 5) is 10.2. The molecule has 3 rings (SSSR count). The molecule has 1 aliphatic heterocycles. The topological polar surface area (TPSA) is 50.3 Å². The molecular formula is C15H15F3N4O. The van der Waals surface area contributed by atoms with Crippen molar-refractivity contribution in [1.82, 2.24) is 9.97 Å². The van der Waals surface area contributed by atoms with Gasteiger partial charge in [-0.25, -0.2) is 9.97 Å². The Kier molecular flexibility index (Phi) is 4.33. The van der Waals surface area contributed by atoms with E-state index in [0.717, 1.165) is 6.07 Å². The fourth-order valence-corrected chi connectivity index (χ4v) is 2.36. The molecule has 1 aromatic carbocycles. The van der Waals surface area contributed by atoms with Gasteiger partial charge in [0.2, 0.25) is 0 Å². The van der Waals surface area contributed by atoms with Crippen LogP contribution in [0.15, 0.2) is 36.7 Å². The Morgan fingerprint density at radius 2 is 1.83 bits per heavy atom. The van der Waals surface area contributed by atoms with Crippen molar-refractivity contribution in [2.24, 2.45) is 0 Å². The van der Waals surface area contributed by atoms with Gasteiger partial charge in [-0.05, 0) is 12.1 Å². The first kappa shape index (κ1) is 15.5. The number of alkyl halides is 3. The van der Waals surface area contributed by atoms with Crippen molar-refractivity contribution in [3.8, 4) is 0 Å². The molecule has 1 aliphatic rings. The van der Waals surface area contributed by atoms with E-state index >= 15 is 0 Å². The predicted molar refractivity (Wildman–Crippen MR) is 79.8 cm³/mol. The van der Waals surface area contributed by atoms with E-state index in [1.807, 2.05) is 4.90 Å². The molecule has 1 N–H and O–H groups in total. The lowest BCUT2D eigenvalue weighted by molar-refractivity contribution is -0.136. The number of nitrogens with zero attached hydrogens (tertiary/aromatic N) is 3. The van der Waals surface area contributed by atoms with Crippen molar-refractivity contribution >= 4 is 17.3 Å². The largest absolute Gasteiger partial charge is 0.418 e. The number of rotatable bonds is 3. The van der Waals surface area contributed by atoms with E-state index in [9.17, 15) is 13.2 Å². The van der Waals surface area contributed by atoms with Crippen molar-refractivity contribution in [2.45, 2.75) is 6.18 Å². The summed E-state index contributed by atoms with van der Waals surface area (Å²) in [6, 6.07) is 6.94. The Bertz CT molecular complexity index is 672. The summed E-state index contributed by atoms with van der Waals surface area (Å²) in [5.74, 6) is 0.980. The SMILES string of the molecule is FC(F)(F)c1ccccc1Nc1cc(N2CCOCC2)ncn1. The van der Waals surface area contributed by atoms with Crippen LogP contribution in [0.4, 0.5) is 30.5 Å². The Balaban J connectivity index is 1.84. The summed E-state index contributed by atoms with van der Waals surface area (Å²) in [5.41, 5.74) is -0.766. The second-order valence-electron chi connectivity index (χ2n) is 5.03. The maximum Gasteiger partial charge on any atom is 0.418 e. The van der Waals surface area contributed by atoms with Crippen LogP contribution in [-0.4, -0.2) is 36.3 Å². The minimum Gasteiger partial charge on any atom is -0.378 e. The second kappa shape index (κ2) is 6.41. The Morgan fingerprint density at radius 3 is 2.57 bits per heavy atom. The predicted octanol–water partition coefficient (Wildman–Crippen LogP) is 3.08. The normalized spacial score (nSPS) is 15.5. The summed E-state index contributed by atoms with van der Waals surface area (Å²) in [6.07, 6.45) is -3.09. The van der Waals surface area contributed by atoms with Gasteiger partial charge in [0, 0.05) is 19.2 Å². The molecule has 0 unspecified atom stereocenters. The molecule has 0 radical (unpaired) electrons. The molecule has 0 bridgehead atoms. The van der Waals surface area contributed by atoms with Crippen molar-refractivity contribution in [3.63, 3.8) is 0 Å². The third-order valence-corrected chi connectivity index (χ3v) is 3.48. The van der Waals surface area contributed by atoms with Gasteiger partial charge in [0.25, 0.3) is 0 Å². The van der Waals surface area contributed by atoms with Crippen LogP contribution in [-0.2, 0) is 10.9 Å². The van der Waals surface area contributed by atoms with Gasteiger partial charge in [0.1, 0.15) is 18.0 Å². The third kappa shape index (κ3) is 3.70. The van der Waals surface area contributed by atoms with E-state index in [4.69, 9.17) is 4.74 Å². The summed E-state index contributed by atoms with van der Waals surface area (Å²) >= 11 is 0. The van der Waals surface area contributed by atoms with Crippen LogP contribution in [0.1, 0.15) is 5.56 Å². The van der Waals surface area contributed by atoms with E-state index < -0.39 is 11.7 Å². The van der Waals surface area contributed by atoms with Gasteiger partial charge in [-0.2, -0.15) is 13.2 Å². The molecular weight excluding hydrogens is 309 g/mol. The molecule has 23 heavy (non-hydrogen) atoms. The highest BCUT2D eigenvalue weighted by molar-refractivity contribution is 5.63. The van der Waals surface area contributed by atoms with Gasteiger partial charge < -0.3 is 15.0 Å². The minimum atomic E-state index is -4.43. The average molecular weight is 324 g/mol. The highest BCUT2D eigenvalue weighted by Crippen LogP contribution is 2.35. The molecule has 0 spiro atoms. The highest BCUT2D eigenvalue weighted by Gasteiger charge is 2.33. The Hall–Kier alpha value is -2.35. The van der Waals surface area contributed by atoms with Crippen molar-refractivity contribution in [2.75, 3.05) is 36.5 Å². The van der Waals surface area contributed by atoms with E-state index in [1.165, 1.54) is 18.5 Å². The molecule has 1 fully saturated rings. The number of benzene rings is 1. The van der Waals surface area contributed by atoms with Crippen molar-refractivity contribution in [3.05, 3.63) is 42.2 Å². The molecule has 122 valence electrons. The van der Waals surface area contributed by atoms with Gasteiger partial charge >= 0.3 is 6.18 Å². The molecule has 5 nitrogen and oxygen atoms in total. The number of anilines is 3. The molecule has 0 amide bonds. The zero-order valence-electron chi connectivity index (χ0n) is 12.2. The standard InChI is InChI=1S/C15H15F3N4O/c16-15(17,18)11-3-1-2-4-12(11)21-13-9-14(20-10-19-13)22-5-7-23-8-6-22/h1-4,9-10H,5-8H2,(H,19,20,21). The molecule has 0 saturated carbocycles. The summed E-state index contributed by atoms with van der Waals surface area (Å²) in [5, 5.41) is 2.73. The van der Waals surface area contributed by atoms with Crippen molar-refractivity contribution < 1.29 is 17.9 Å². The number of para-hydroxylation sites is 1. The van der Waals surface area contributed by atoms with Crippen LogP contribution >= 0.6 is 0 Å². The summed E-state index contributed by atoms with van der Waals surface area (Å²) in [7, 11) is 0. The van der Waals surface area contributed by atoms with E-state index in [0.29, 0.717) is 37.9 Å². The van der Waals surface area contributed by atoms with Crippen LogP contribution in [0.25, 0.3) is 0 Å². The smallest absolute Gasteiger partial charge is 0.378 e. The number of hydrogen-bond donors (Lipinski definition) is 1. The molecule has 2 heterocycles. The molecule has 1 aromatic heterocycles. The zero-order valence-corrected chi connectivity index (χ0v) is 12.2. The van der Waals surface area contributed by atoms with Crippen LogP contribution in [0.2, 0.25) is 0 Å². The zero-order chi connectivity index (χ0) is 16.3. The van der Waals surface area contributed by atoms with Gasteiger partial charge in [0.05, 0.1) is 24.5 Å². The molecule has 8 heteroatoms. The van der Waals surface area contributed by atoms with E-state index in [-0.39, 0.29) is 5.69 Å². The molecule has 1 saturated heterocycles. The van der Waals surface area contributed by atoms with Crippen LogP contribution in [0.5, 0.6) is 0 Å². The summed E-state index contributed by atoms with van der Waals surface area (Å²) in [6.45, 7) is 2.58. The maximum absolute atomic E-state index is 13.0. The highest BCUT2D eigenvalue weighted by atomic mass is 19.4. The quantitative estimate of drug-likeness (QED) is 0.940. The fraction of sp³-hybridized carbons (Fsp3) is 0.333. The number of morpholine rings is 1. The first-order chi connectivity index (χ1) is 11.0. The van der Waals surface area contributed by atoms with Crippen LogP contribution in [0, 0.1) is 0 Å². The molecule has 0 aliphatic carbocycles. The summed E-state index contributed by atoms with van der Waals surface area (Å²) < 4.78 is 44.4. The number of hydrogen-bond acceptors (Lipinski definition) is 5. The number of nitrogens with one attached hydrogen (secondary N) is 1. The third-order valence-electron chi connectivity index (χ3n) is 3.48. The molecule has 0 atom stereocenters. The van der Waals surface area contributed by atoms with Gasteiger partial charge in [-0.1, -0.05) is 12.1 Å². The van der Waals surface area contributed by atoms with Gasteiger partial charge in [-0.3, -0.25) is 0 Å². The first-order valence-corrected chi connectivity index (χ1v) is 7.12. The maximum atomic E-state index is 13.0. The number of halogens is 3. The Labute approximate surface area is 131 Å². The van der Waals surface area contributed by atoms with E-state index in [2.05, 4.69) is 15.3 Å². The lowest BCUT2D eigenvalue weighted by Gasteiger charge is -2.27. The van der Waals surface area contributed by atoms with Crippen LogP contribution < -0.4 is 10.2 Å². The van der Waals surface area contributed by atoms with E-state index in [1.54, 1.807) is 12.1 Å². The monoisotopic (exact) mass is 324 g/mol. The Morgan fingerprint density at radius 1 is 1.09 bits per heavy atom. The van der Waals surface area contributed by atoms with Crippen LogP contribution in [0.3, 0.4) is 0 Å². The lowest BCUT2D eigenvalue weighted by atomic mass is 10.1. The minimum absolute atomic E-state index is 0.0355. The average Bonchev–Trinajstić information content (AvgIpc) is 2.55. The van der Waals surface area contributed by atoms with Gasteiger partial charge in [-0.15, -0.1) is 0 Å². The number of ether oxygens (including phenoxy) is 1. The van der Waals surface area contributed by atoms with Gasteiger partial charge in [0.15, 0.2) is 0 Å². The second-order valence-corrected chi connectivity index (χ2v) is 5.03. The molecule has 2 aromatic rings. The fourth-order valence-electron chi connectivity index (χ4n) is 2.36. The first-order valence-electron chi connectivity index (χ1n) is 7.12.